The number of ether oxygens (including phenoxy) is 1. The highest BCUT2D eigenvalue weighted by Gasteiger charge is 2.09. The Labute approximate surface area is 130 Å². The van der Waals surface area contributed by atoms with Crippen LogP contribution in [0.15, 0.2) is 40.8 Å². The number of anilines is 1. The van der Waals surface area contributed by atoms with Crippen molar-refractivity contribution in [2.75, 3.05) is 11.9 Å². The third kappa shape index (κ3) is 5.06. The summed E-state index contributed by atoms with van der Waals surface area (Å²) < 4.78 is 36.0. The molecule has 7 heteroatoms. The fraction of sp³-hybridized carbons (Fsp3) is 0.125. The lowest BCUT2D eigenvalue weighted by molar-refractivity contribution is -0.142. The molecule has 5 nitrogen and oxygen atoms in total. The van der Waals surface area contributed by atoms with Crippen LogP contribution in [-0.4, -0.2) is 18.5 Å². The lowest BCUT2D eigenvalue weighted by Gasteiger charge is -2.06. The van der Waals surface area contributed by atoms with Gasteiger partial charge in [-0.3, -0.25) is 4.79 Å². The predicted molar refractivity (Wildman–Crippen MR) is 78.4 cm³/mol. The lowest BCUT2D eigenvalue weighted by atomic mass is 10.3. The summed E-state index contributed by atoms with van der Waals surface area (Å²) in [6, 6.07) is 6.11. The van der Waals surface area contributed by atoms with Crippen molar-refractivity contribution in [1.29, 1.82) is 0 Å². The molecule has 0 spiro atoms. The van der Waals surface area contributed by atoms with Crippen molar-refractivity contribution in [2.45, 2.75) is 6.92 Å². The number of carbonyl (C=O) groups excluding carboxylic acids is 2. The molecule has 0 bridgehead atoms. The van der Waals surface area contributed by atoms with Crippen molar-refractivity contribution >= 4 is 23.6 Å². The number of nitrogens with one attached hydrogen (secondary N) is 1. The Morgan fingerprint density at radius 3 is 2.70 bits per heavy atom. The van der Waals surface area contributed by atoms with Crippen LogP contribution in [0.4, 0.5) is 14.5 Å². The van der Waals surface area contributed by atoms with Gasteiger partial charge in [0.1, 0.15) is 23.2 Å². The van der Waals surface area contributed by atoms with Crippen molar-refractivity contribution in [3.63, 3.8) is 0 Å². The summed E-state index contributed by atoms with van der Waals surface area (Å²) in [6.45, 7) is 1.16. The molecule has 0 fully saturated rings. The van der Waals surface area contributed by atoms with Gasteiger partial charge < -0.3 is 14.5 Å². The molecule has 0 radical (unpaired) electrons. The number of carbonyl (C=O) groups is 2. The number of furan rings is 1. The molecule has 0 atom stereocenters. The minimum Gasteiger partial charge on any atom is -0.462 e. The second-order valence-corrected chi connectivity index (χ2v) is 4.56. The van der Waals surface area contributed by atoms with Gasteiger partial charge in [0, 0.05) is 12.1 Å². The van der Waals surface area contributed by atoms with Crippen LogP contribution < -0.4 is 5.32 Å². The maximum Gasteiger partial charge on any atom is 0.331 e. The number of halogens is 2. The van der Waals surface area contributed by atoms with Gasteiger partial charge in [0.25, 0.3) is 5.91 Å². The molecule has 0 saturated heterocycles. The number of hydrogen-bond donors (Lipinski definition) is 1. The molecule has 2 rings (SSSR count). The number of amides is 1. The maximum absolute atomic E-state index is 13.3. The van der Waals surface area contributed by atoms with Crippen LogP contribution in [0, 0.1) is 18.6 Å². The second kappa shape index (κ2) is 7.35. The first-order valence-corrected chi connectivity index (χ1v) is 6.60. The van der Waals surface area contributed by atoms with Gasteiger partial charge in [0.2, 0.25) is 0 Å². The average Bonchev–Trinajstić information content (AvgIpc) is 2.91. The van der Waals surface area contributed by atoms with Crippen LogP contribution in [-0.2, 0) is 14.3 Å². The number of benzene rings is 1. The Morgan fingerprint density at radius 2 is 2.04 bits per heavy atom. The minimum absolute atomic E-state index is 0.200. The van der Waals surface area contributed by atoms with Gasteiger partial charge in [-0.2, -0.15) is 0 Å². The number of aryl methyl sites for hydroxylation is 1. The van der Waals surface area contributed by atoms with E-state index in [0.717, 1.165) is 18.2 Å². The Bertz CT molecular complexity index is 752. The highest BCUT2D eigenvalue weighted by atomic mass is 19.1. The molecule has 120 valence electrons. The molecule has 0 aliphatic carbocycles. The standard InChI is InChI=1S/C16H13F2NO4/c1-10-2-4-12(23-10)5-7-16(21)22-9-15(20)19-14-6-3-11(17)8-13(14)18/h2-8H,9H2,1H3,(H,19,20). The zero-order chi connectivity index (χ0) is 16.8. The van der Waals surface area contributed by atoms with Crippen molar-refractivity contribution in [1.82, 2.24) is 0 Å². The topological polar surface area (TPSA) is 68.5 Å². The second-order valence-electron chi connectivity index (χ2n) is 4.56. The lowest BCUT2D eigenvalue weighted by Crippen LogP contribution is -2.20. The highest BCUT2D eigenvalue weighted by Crippen LogP contribution is 2.14. The molecular formula is C16H13F2NO4. The molecule has 1 heterocycles. The minimum atomic E-state index is -0.919. The van der Waals surface area contributed by atoms with Crippen molar-refractivity contribution in [3.8, 4) is 0 Å². The van der Waals surface area contributed by atoms with E-state index in [0.29, 0.717) is 17.6 Å². The number of esters is 1. The van der Waals surface area contributed by atoms with Gasteiger partial charge in [-0.1, -0.05) is 0 Å². The van der Waals surface area contributed by atoms with Crippen molar-refractivity contribution < 1.29 is 27.5 Å². The predicted octanol–water partition coefficient (Wildman–Crippen LogP) is 3.06. The monoisotopic (exact) mass is 321 g/mol. The Morgan fingerprint density at radius 1 is 1.26 bits per heavy atom. The highest BCUT2D eigenvalue weighted by molar-refractivity contribution is 5.94. The van der Waals surface area contributed by atoms with Crippen molar-refractivity contribution in [2.24, 2.45) is 0 Å². The quantitative estimate of drug-likeness (QED) is 0.679. The van der Waals surface area contributed by atoms with Gasteiger partial charge in [0.05, 0.1) is 5.69 Å². The van der Waals surface area contributed by atoms with E-state index >= 15 is 0 Å². The van der Waals surface area contributed by atoms with E-state index in [9.17, 15) is 18.4 Å². The van der Waals surface area contributed by atoms with Gasteiger partial charge in [-0.05, 0) is 37.3 Å². The fourth-order valence-corrected chi connectivity index (χ4v) is 1.66. The van der Waals surface area contributed by atoms with Crippen LogP contribution in [0.5, 0.6) is 0 Å². The van der Waals surface area contributed by atoms with E-state index in [1.54, 1.807) is 19.1 Å². The van der Waals surface area contributed by atoms with E-state index < -0.39 is 30.1 Å². The smallest absolute Gasteiger partial charge is 0.331 e. The summed E-state index contributed by atoms with van der Waals surface area (Å²) in [4.78, 5) is 23.0. The molecule has 1 N–H and O–H groups in total. The SMILES string of the molecule is Cc1ccc(C=CC(=O)OCC(=O)Nc2ccc(F)cc2F)o1. The molecule has 0 unspecified atom stereocenters. The first kappa shape index (κ1) is 16.4. The van der Waals surface area contributed by atoms with Crippen LogP contribution >= 0.6 is 0 Å². The molecule has 1 aromatic heterocycles. The van der Waals surface area contributed by atoms with Gasteiger partial charge in [-0.25, -0.2) is 13.6 Å². The summed E-state index contributed by atoms with van der Waals surface area (Å²) in [5.41, 5.74) is -0.200. The largest absolute Gasteiger partial charge is 0.462 e. The van der Waals surface area contributed by atoms with E-state index in [1.165, 1.54) is 6.08 Å². The average molecular weight is 321 g/mol. The summed E-state index contributed by atoms with van der Waals surface area (Å²) in [5, 5.41) is 2.17. The van der Waals surface area contributed by atoms with E-state index in [1.807, 2.05) is 0 Å². The summed E-state index contributed by atoms with van der Waals surface area (Å²) in [6.07, 6.45) is 2.50. The zero-order valence-corrected chi connectivity index (χ0v) is 12.1. The molecule has 1 amide bonds. The first-order valence-electron chi connectivity index (χ1n) is 6.60. The van der Waals surface area contributed by atoms with Gasteiger partial charge in [-0.15, -0.1) is 0 Å². The van der Waals surface area contributed by atoms with Crippen LogP contribution in [0.1, 0.15) is 11.5 Å². The van der Waals surface area contributed by atoms with E-state index in [4.69, 9.17) is 9.15 Å². The zero-order valence-electron chi connectivity index (χ0n) is 12.1. The van der Waals surface area contributed by atoms with E-state index in [-0.39, 0.29) is 5.69 Å². The third-order valence-electron chi connectivity index (χ3n) is 2.70. The van der Waals surface area contributed by atoms with Crippen LogP contribution in [0.25, 0.3) is 6.08 Å². The Hall–Kier alpha value is -2.96. The van der Waals surface area contributed by atoms with Crippen LogP contribution in [0.2, 0.25) is 0 Å². The molecule has 0 saturated carbocycles. The van der Waals surface area contributed by atoms with E-state index in [2.05, 4.69) is 5.32 Å². The molecular weight excluding hydrogens is 308 g/mol. The molecule has 0 aliphatic heterocycles. The van der Waals surface area contributed by atoms with Crippen molar-refractivity contribution in [3.05, 3.63) is 59.6 Å². The molecule has 23 heavy (non-hydrogen) atoms. The maximum atomic E-state index is 13.3. The van der Waals surface area contributed by atoms with Crippen LogP contribution in [0.3, 0.4) is 0 Å². The number of rotatable bonds is 5. The van der Waals surface area contributed by atoms with Gasteiger partial charge in [0.15, 0.2) is 6.61 Å². The molecule has 0 aliphatic rings. The third-order valence-corrected chi connectivity index (χ3v) is 2.70. The Kier molecular flexibility index (Phi) is 5.24. The first-order chi connectivity index (χ1) is 10.9. The molecule has 1 aromatic carbocycles. The fourth-order valence-electron chi connectivity index (χ4n) is 1.66. The summed E-state index contributed by atoms with van der Waals surface area (Å²) in [5.74, 6) is -2.01. The molecule has 2 aromatic rings. The van der Waals surface area contributed by atoms with Gasteiger partial charge >= 0.3 is 5.97 Å². The number of hydrogen-bond acceptors (Lipinski definition) is 4. The normalized spacial score (nSPS) is 10.7. The Balaban J connectivity index is 1.81. The summed E-state index contributed by atoms with van der Waals surface area (Å²) >= 11 is 0. The summed E-state index contributed by atoms with van der Waals surface area (Å²) in [7, 11) is 0.